The molecule has 6 nitrogen and oxygen atoms in total. The van der Waals surface area contributed by atoms with Gasteiger partial charge in [0.15, 0.2) is 0 Å². The minimum Gasteiger partial charge on any atom is -0.385 e. The van der Waals surface area contributed by atoms with Gasteiger partial charge < -0.3 is 15.0 Å². The molecule has 0 spiro atoms. The summed E-state index contributed by atoms with van der Waals surface area (Å²) in [5.74, 6) is -1.29. The Morgan fingerprint density at radius 1 is 1.45 bits per heavy atom. The van der Waals surface area contributed by atoms with Crippen molar-refractivity contribution < 1.29 is 18.7 Å². The molecule has 0 aromatic carbocycles. The number of carbonyl (C=O) groups excluding carboxylic acids is 2. The van der Waals surface area contributed by atoms with Crippen LogP contribution in [0.4, 0.5) is 4.39 Å². The van der Waals surface area contributed by atoms with Crippen LogP contribution in [0.1, 0.15) is 16.8 Å². The topological polar surface area (TPSA) is 71.5 Å². The highest BCUT2D eigenvalue weighted by Crippen LogP contribution is 2.02. The fraction of sp³-hybridized carbons (Fsp3) is 0.462. The van der Waals surface area contributed by atoms with Gasteiger partial charge in [-0.05, 0) is 18.6 Å². The molecule has 1 aromatic heterocycles. The van der Waals surface area contributed by atoms with Gasteiger partial charge in [0.1, 0.15) is 0 Å². The van der Waals surface area contributed by atoms with E-state index in [-0.39, 0.29) is 23.9 Å². The van der Waals surface area contributed by atoms with E-state index in [1.54, 1.807) is 7.11 Å². The summed E-state index contributed by atoms with van der Waals surface area (Å²) < 4.78 is 17.5. The highest BCUT2D eigenvalue weighted by atomic mass is 19.1. The van der Waals surface area contributed by atoms with Crippen LogP contribution >= 0.6 is 0 Å². The molecule has 0 saturated carbocycles. The number of hydrogen-bond donors (Lipinski definition) is 1. The Bertz CT molecular complexity index is 451. The molecular formula is C13H18FN3O3. The van der Waals surface area contributed by atoms with Crippen LogP contribution in [0.15, 0.2) is 18.3 Å². The van der Waals surface area contributed by atoms with Crippen molar-refractivity contribution in [3.63, 3.8) is 0 Å². The van der Waals surface area contributed by atoms with Crippen LogP contribution in [-0.2, 0) is 9.53 Å². The Balaban J connectivity index is 2.41. The Kier molecular flexibility index (Phi) is 6.58. The van der Waals surface area contributed by atoms with E-state index in [4.69, 9.17) is 4.74 Å². The van der Waals surface area contributed by atoms with Gasteiger partial charge in [0.2, 0.25) is 11.9 Å². The molecule has 110 valence electrons. The summed E-state index contributed by atoms with van der Waals surface area (Å²) >= 11 is 0. The number of aromatic nitrogens is 1. The molecule has 0 unspecified atom stereocenters. The van der Waals surface area contributed by atoms with Gasteiger partial charge in [-0.3, -0.25) is 9.59 Å². The molecule has 0 bridgehead atoms. The van der Waals surface area contributed by atoms with Crippen LogP contribution in [-0.4, -0.2) is 55.6 Å². The van der Waals surface area contributed by atoms with E-state index in [9.17, 15) is 14.0 Å². The second kappa shape index (κ2) is 8.21. The second-order valence-corrected chi connectivity index (χ2v) is 4.23. The number of ether oxygens (including phenoxy) is 1. The number of halogens is 1. The highest BCUT2D eigenvalue weighted by molar-refractivity contribution is 5.96. The molecular weight excluding hydrogens is 265 g/mol. The first kappa shape index (κ1) is 16.0. The van der Waals surface area contributed by atoms with Crippen LogP contribution in [0, 0.1) is 5.95 Å². The van der Waals surface area contributed by atoms with Crippen molar-refractivity contribution in [2.24, 2.45) is 0 Å². The highest BCUT2D eigenvalue weighted by Gasteiger charge is 2.15. The van der Waals surface area contributed by atoms with Gasteiger partial charge in [0.25, 0.3) is 5.91 Å². The fourth-order valence-electron chi connectivity index (χ4n) is 1.51. The largest absolute Gasteiger partial charge is 0.385 e. The molecule has 0 radical (unpaired) electrons. The maximum atomic E-state index is 12.7. The summed E-state index contributed by atoms with van der Waals surface area (Å²) in [6, 6.07) is 2.43. The Morgan fingerprint density at radius 3 is 2.80 bits per heavy atom. The summed E-state index contributed by atoms with van der Waals surface area (Å²) in [4.78, 5) is 28.2. The van der Waals surface area contributed by atoms with Gasteiger partial charge in [-0.2, -0.15) is 4.39 Å². The van der Waals surface area contributed by atoms with Gasteiger partial charge in [0.05, 0.1) is 12.1 Å². The summed E-state index contributed by atoms with van der Waals surface area (Å²) in [7, 11) is 3.09. The molecule has 20 heavy (non-hydrogen) atoms. The molecule has 0 aliphatic heterocycles. The monoisotopic (exact) mass is 283 g/mol. The molecule has 0 saturated heterocycles. The molecule has 0 atom stereocenters. The predicted octanol–water partition coefficient (Wildman–Crippen LogP) is 0.445. The summed E-state index contributed by atoms with van der Waals surface area (Å²) in [6.45, 7) is 0.992. The minimum absolute atomic E-state index is 0.0663. The van der Waals surface area contributed by atoms with Gasteiger partial charge in [0, 0.05) is 33.5 Å². The normalized spacial score (nSPS) is 10.2. The number of nitrogens with one attached hydrogen (secondary N) is 1. The Morgan fingerprint density at radius 2 is 2.20 bits per heavy atom. The van der Waals surface area contributed by atoms with Crippen molar-refractivity contribution in [1.29, 1.82) is 0 Å². The number of likely N-dealkylation sites (N-methyl/N-ethyl adjacent to an activating group) is 1. The smallest absolute Gasteiger partial charge is 0.255 e. The molecule has 7 heteroatoms. The van der Waals surface area contributed by atoms with Crippen LogP contribution in [0.5, 0.6) is 0 Å². The number of carbonyl (C=O) groups is 2. The predicted molar refractivity (Wildman–Crippen MR) is 70.7 cm³/mol. The van der Waals surface area contributed by atoms with E-state index >= 15 is 0 Å². The summed E-state index contributed by atoms with van der Waals surface area (Å²) in [6.07, 6.45) is 1.85. The zero-order valence-electron chi connectivity index (χ0n) is 11.6. The van der Waals surface area contributed by atoms with E-state index in [1.165, 1.54) is 18.0 Å². The van der Waals surface area contributed by atoms with Gasteiger partial charge in [-0.25, -0.2) is 4.98 Å². The summed E-state index contributed by atoms with van der Waals surface area (Å²) in [5, 5.41) is 2.68. The van der Waals surface area contributed by atoms with Gasteiger partial charge in [-0.15, -0.1) is 0 Å². The lowest BCUT2D eigenvalue weighted by Crippen LogP contribution is -2.38. The van der Waals surface area contributed by atoms with Crippen molar-refractivity contribution in [2.75, 3.05) is 33.9 Å². The number of rotatable bonds is 7. The lowest BCUT2D eigenvalue weighted by atomic mass is 10.2. The third kappa shape index (κ3) is 5.31. The molecule has 0 aliphatic rings. The van der Waals surface area contributed by atoms with Crippen molar-refractivity contribution in [2.45, 2.75) is 6.42 Å². The summed E-state index contributed by atoms with van der Waals surface area (Å²) in [5.41, 5.74) is 0.237. The van der Waals surface area contributed by atoms with Crippen LogP contribution in [0.3, 0.4) is 0 Å². The van der Waals surface area contributed by atoms with Crippen LogP contribution < -0.4 is 5.32 Å². The molecule has 1 aromatic rings. The molecule has 0 aliphatic carbocycles. The standard InChI is InChI=1S/C13H18FN3O3/c1-17(9-12(18)15-6-3-7-20-2)13(19)10-4-5-11(14)16-8-10/h4-5,8H,3,6-7,9H2,1-2H3,(H,15,18). The van der Waals surface area contributed by atoms with E-state index in [0.717, 1.165) is 12.3 Å². The Hall–Kier alpha value is -2.02. The number of methoxy groups -OCH3 is 1. The zero-order valence-corrected chi connectivity index (χ0v) is 11.6. The third-order valence-electron chi connectivity index (χ3n) is 2.55. The minimum atomic E-state index is -0.653. The SMILES string of the molecule is COCCCNC(=O)CN(C)C(=O)c1ccc(F)nc1. The van der Waals surface area contributed by atoms with Gasteiger partial charge >= 0.3 is 0 Å². The molecule has 2 amide bonds. The molecule has 0 fully saturated rings. The lowest BCUT2D eigenvalue weighted by Gasteiger charge is -2.16. The van der Waals surface area contributed by atoms with Crippen molar-refractivity contribution in [1.82, 2.24) is 15.2 Å². The van der Waals surface area contributed by atoms with E-state index in [0.29, 0.717) is 19.6 Å². The van der Waals surface area contributed by atoms with E-state index in [1.807, 2.05) is 0 Å². The number of nitrogens with zero attached hydrogens (tertiary/aromatic N) is 2. The van der Waals surface area contributed by atoms with Crippen molar-refractivity contribution >= 4 is 11.8 Å². The molecule has 1 N–H and O–H groups in total. The lowest BCUT2D eigenvalue weighted by molar-refractivity contribution is -0.121. The number of pyridine rings is 1. The average molecular weight is 283 g/mol. The second-order valence-electron chi connectivity index (χ2n) is 4.23. The first-order valence-corrected chi connectivity index (χ1v) is 6.17. The van der Waals surface area contributed by atoms with Crippen molar-refractivity contribution in [3.8, 4) is 0 Å². The zero-order chi connectivity index (χ0) is 15.0. The average Bonchev–Trinajstić information content (AvgIpc) is 2.43. The first-order chi connectivity index (χ1) is 9.54. The fourth-order valence-corrected chi connectivity index (χ4v) is 1.51. The first-order valence-electron chi connectivity index (χ1n) is 6.17. The van der Waals surface area contributed by atoms with E-state index in [2.05, 4.69) is 10.3 Å². The van der Waals surface area contributed by atoms with Crippen LogP contribution in [0.2, 0.25) is 0 Å². The quantitative estimate of drug-likeness (QED) is 0.582. The number of amides is 2. The maximum absolute atomic E-state index is 12.7. The molecule has 1 rings (SSSR count). The van der Waals surface area contributed by atoms with Gasteiger partial charge in [-0.1, -0.05) is 0 Å². The molecule has 1 heterocycles. The number of hydrogen-bond acceptors (Lipinski definition) is 4. The van der Waals surface area contributed by atoms with E-state index < -0.39 is 5.95 Å². The van der Waals surface area contributed by atoms with Crippen LogP contribution in [0.25, 0.3) is 0 Å². The Labute approximate surface area is 116 Å². The maximum Gasteiger partial charge on any atom is 0.255 e. The third-order valence-corrected chi connectivity index (χ3v) is 2.55. The van der Waals surface area contributed by atoms with Crippen molar-refractivity contribution in [3.05, 3.63) is 29.8 Å².